The van der Waals surface area contributed by atoms with Crippen LogP contribution >= 0.6 is 0 Å². The monoisotopic (exact) mass is 315 g/mol. The Hall–Kier alpha value is -1.87. The summed E-state index contributed by atoms with van der Waals surface area (Å²) in [5, 5.41) is 5.06. The standard InChI is InChI=1S/C12H17N3O5S/c1-15(2)21(18,19)11-6-4-9(20-11)12(17)14-8-3-5-10(16)13-7-8/h4,6,8H,3,5,7H2,1-2H3,(H,13,16)(H,14,17). The van der Waals surface area contributed by atoms with Crippen molar-refractivity contribution in [1.29, 1.82) is 0 Å². The zero-order valence-electron chi connectivity index (χ0n) is 11.8. The summed E-state index contributed by atoms with van der Waals surface area (Å²) in [5.74, 6) is -0.624. The van der Waals surface area contributed by atoms with Crippen molar-refractivity contribution in [3.8, 4) is 0 Å². The van der Waals surface area contributed by atoms with E-state index in [9.17, 15) is 18.0 Å². The molecule has 2 amide bonds. The Morgan fingerprint density at radius 1 is 1.43 bits per heavy atom. The Balaban J connectivity index is 2.04. The lowest BCUT2D eigenvalue weighted by Gasteiger charge is -2.22. The number of hydrogen-bond acceptors (Lipinski definition) is 5. The summed E-state index contributed by atoms with van der Waals surface area (Å²) in [4.78, 5) is 23.0. The van der Waals surface area contributed by atoms with Gasteiger partial charge in [-0.05, 0) is 18.6 Å². The van der Waals surface area contributed by atoms with Gasteiger partial charge in [0.05, 0.1) is 0 Å². The van der Waals surface area contributed by atoms with E-state index in [1.165, 1.54) is 26.2 Å². The predicted octanol–water partition coefficient (Wildman–Crippen LogP) is -0.462. The van der Waals surface area contributed by atoms with Gasteiger partial charge in [0.15, 0.2) is 5.76 Å². The van der Waals surface area contributed by atoms with Crippen LogP contribution in [0.5, 0.6) is 0 Å². The Morgan fingerprint density at radius 3 is 2.71 bits per heavy atom. The first-order chi connectivity index (χ1) is 9.80. The molecule has 1 aromatic rings. The zero-order valence-corrected chi connectivity index (χ0v) is 12.6. The predicted molar refractivity (Wildman–Crippen MR) is 73.1 cm³/mol. The molecule has 0 spiro atoms. The number of carbonyl (C=O) groups excluding carboxylic acids is 2. The summed E-state index contributed by atoms with van der Waals surface area (Å²) in [5.41, 5.74) is 0. The van der Waals surface area contributed by atoms with Gasteiger partial charge in [0, 0.05) is 33.1 Å². The third-order valence-electron chi connectivity index (χ3n) is 3.14. The van der Waals surface area contributed by atoms with Crippen molar-refractivity contribution in [3.63, 3.8) is 0 Å². The van der Waals surface area contributed by atoms with Crippen LogP contribution in [-0.4, -0.2) is 51.2 Å². The van der Waals surface area contributed by atoms with Gasteiger partial charge in [0.2, 0.25) is 11.0 Å². The van der Waals surface area contributed by atoms with Crippen LogP contribution in [0.25, 0.3) is 0 Å². The van der Waals surface area contributed by atoms with Crippen LogP contribution in [0.4, 0.5) is 0 Å². The Bertz CT molecular complexity index is 640. The molecule has 9 heteroatoms. The van der Waals surface area contributed by atoms with Gasteiger partial charge in [-0.3, -0.25) is 9.59 Å². The van der Waals surface area contributed by atoms with Gasteiger partial charge in [0.1, 0.15) is 0 Å². The second-order valence-electron chi connectivity index (χ2n) is 4.92. The van der Waals surface area contributed by atoms with Crippen molar-refractivity contribution in [1.82, 2.24) is 14.9 Å². The largest absolute Gasteiger partial charge is 0.438 e. The number of nitrogens with zero attached hydrogens (tertiary/aromatic N) is 1. The Morgan fingerprint density at radius 2 is 2.14 bits per heavy atom. The molecule has 8 nitrogen and oxygen atoms in total. The number of hydrogen-bond donors (Lipinski definition) is 2. The highest BCUT2D eigenvalue weighted by atomic mass is 32.2. The molecule has 21 heavy (non-hydrogen) atoms. The van der Waals surface area contributed by atoms with E-state index in [1.807, 2.05) is 0 Å². The van der Waals surface area contributed by atoms with Crippen molar-refractivity contribution < 1.29 is 22.4 Å². The van der Waals surface area contributed by atoms with E-state index >= 15 is 0 Å². The molecule has 0 aliphatic carbocycles. The average Bonchev–Trinajstić information content (AvgIpc) is 2.91. The molecule has 1 aromatic heterocycles. The number of amides is 2. The molecule has 0 radical (unpaired) electrons. The molecule has 1 saturated heterocycles. The molecule has 2 N–H and O–H groups in total. The van der Waals surface area contributed by atoms with Crippen molar-refractivity contribution in [2.24, 2.45) is 0 Å². The van der Waals surface area contributed by atoms with E-state index in [2.05, 4.69) is 10.6 Å². The fourth-order valence-corrected chi connectivity index (χ4v) is 2.67. The molecule has 0 saturated carbocycles. The number of sulfonamides is 1. The summed E-state index contributed by atoms with van der Waals surface area (Å²) in [7, 11) is -0.946. The van der Waals surface area contributed by atoms with Crippen LogP contribution in [0.3, 0.4) is 0 Å². The molecule has 0 aromatic carbocycles. The van der Waals surface area contributed by atoms with Crippen LogP contribution < -0.4 is 10.6 Å². The van der Waals surface area contributed by atoms with Gasteiger partial charge in [0.25, 0.3) is 15.9 Å². The molecule has 1 aliphatic heterocycles. The molecular weight excluding hydrogens is 298 g/mol. The maximum absolute atomic E-state index is 12.0. The smallest absolute Gasteiger partial charge is 0.287 e. The van der Waals surface area contributed by atoms with E-state index in [-0.39, 0.29) is 22.8 Å². The summed E-state index contributed by atoms with van der Waals surface area (Å²) in [6.07, 6.45) is 0.893. The topological polar surface area (TPSA) is 109 Å². The minimum atomic E-state index is -3.70. The number of rotatable bonds is 4. The normalized spacial score (nSPS) is 19.4. The third-order valence-corrected chi connectivity index (χ3v) is 4.83. The molecule has 1 atom stereocenters. The first-order valence-corrected chi connectivity index (χ1v) is 7.84. The first-order valence-electron chi connectivity index (χ1n) is 6.40. The SMILES string of the molecule is CN(C)S(=O)(=O)c1ccc(C(=O)NC2CCC(=O)NC2)o1. The zero-order chi connectivity index (χ0) is 15.6. The van der Waals surface area contributed by atoms with Crippen molar-refractivity contribution in [2.75, 3.05) is 20.6 Å². The summed E-state index contributed by atoms with van der Waals surface area (Å²) in [6.45, 7) is 0.355. The van der Waals surface area contributed by atoms with Crippen molar-refractivity contribution in [2.45, 2.75) is 24.0 Å². The lowest BCUT2D eigenvalue weighted by Crippen LogP contribution is -2.47. The molecule has 1 fully saturated rings. The maximum Gasteiger partial charge on any atom is 0.287 e. The number of nitrogens with one attached hydrogen (secondary N) is 2. The fraction of sp³-hybridized carbons (Fsp3) is 0.500. The maximum atomic E-state index is 12.0. The molecule has 1 aliphatic rings. The quantitative estimate of drug-likeness (QED) is 0.781. The molecule has 1 unspecified atom stereocenters. The van der Waals surface area contributed by atoms with E-state index < -0.39 is 15.9 Å². The minimum Gasteiger partial charge on any atom is -0.438 e. The van der Waals surface area contributed by atoms with Crippen LogP contribution in [0.2, 0.25) is 0 Å². The van der Waals surface area contributed by atoms with Crippen molar-refractivity contribution in [3.05, 3.63) is 17.9 Å². The molecule has 2 heterocycles. The fourth-order valence-electron chi connectivity index (χ4n) is 1.87. The van der Waals surface area contributed by atoms with E-state index in [1.54, 1.807) is 0 Å². The van der Waals surface area contributed by atoms with Crippen LogP contribution in [0.1, 0.15) is 23.4 Å². The average molecular weight is 315 g/mol. The second kappa shape index (κ2) is 5.86. The minimum absolute atomic E-state index is 0.0436. The summed E-state index contributed by atoms with van der Waals surface area (Å²) in [6, 6.07) is 2.37. The van der Waals surface area contributed by atoms with Crippen LogP contribution in [0, 0.1) is 0 Å². The molecule has 0 bridgehead atoms. The third kappa shape index (κ3) is 3.42. The Labute approximate surface area is 122 Å². The molecule has 2 rings (SSSR count). The number of furan rings is 1. The van der Waals surface area contributed by atoms with Gasteiger partial charge < -0.3 is 15.1 Å². The second-order valence-corrected chi connectivity index (χ2v) is 7.00. The summed E-state index contributed by atoms with van der Waals surface area (Å²) < 4.78 is 29.8. The van der Waals surface area contributed by atoms with Gasteiger partial charge in [-0.25, -0.2) is 12.7 Å². The van der Waals surface area contributed by atoms with Gasteiger partial charge in [-0.15, -0.1) is 0 Å². The lowest BCUT2D eigenvalue weighted by molar-refractivity contribution is -0.122. The highest BCUT2D eigenvalue weighted by Gasteiger charge is 2.25. The molecule has 116 valence electrons. The Kier molecular flexibility index (Phi) is 4.33. The van der Waals surface area contributed by atoms with Crippen LogP contribution in [0.15, 0.2) is 21.6 Å². The lowest BCUT2D eigenvalue weighted by atomic mass is 10.1. The van der Waals surface area contributed by atoms with E-state index in [0.29, 0.717) is 19.4 Å². The van der Waals surface area contributed by atoms with Gasteiger partial charge >= 0.3 is 0 Å². The van der Waals surface area contributed by atoms with E-state index in [4.69, 9.17) is 4.42 Å². The first kappa shape index (κ1) is 15.5. The number of carbonyl (C=O) groups is 2. The van der Waals surface area contributed by atoms with Crippen molar-refractivity contribution >= 4 is 21.8 Å². The van der Waals surface area contributed by atoms with E-state index in [0.717, 1.165) is 4.31 Å². The molecular formula is C12H17N3O5S. The van der Waals surface area contributed by atoms with Gasteiger partial charge in [-0.1, -0.05) is 0 Å². The highest BCUT2D eigenvalue weighted by Crippen LogP contribution is 2.17. The highest BCUT2D eigenvalue weighted by molar-refractivity contribution is 7.88. The van der Waals surface area contributed by atoms with Gasteiger partial charge in [-0.2, -0.15) is 0 Å². The summed E-state index contributed by atoms with van der Waals surface area (Å²) >= 11 is 0. The number of piperidine rings is 1. The van der Waals surface area contributed by atoms with Crippen LogP contribution in [-0.2, 0) is 14.8 Å².